The molecule has 1 atom stereocenters. The highest BCUT2D eigenvalue weighted by Crippen LogP contribution is 2.36. The van der Waals surface area contributed by atoms with E-state index in [1.54, 1.807) is 0 Å². The van der Waals surface area contributed by atoms with Crippen molar-refractivity contribution >= 4 is 11.6 Å². The number of halogens is 1. The predicted molar refractivity (Wildman–Crippen MR) is 95.7 cm³/mol. The SMILES string of the molecule is Cc1cc(Cl)cc2c1OCCC[C@@H]2NCc1cnc2n1CCCC2. The second-order valence-electron chi connectivity index (χ2n) is 6.84. The molecule has 1 N–H and O–H groups in total. The molecule has 1 aromatic heterocycles. The van der Waals surface area contributed by atoms with Gasteiger partial charge < -0.3 is 14.6 Å². The standard InChI is InChI=1S/C19H24ClN3O/c1-13-9-14(20)10-16-17(5-4-8-24-19(13)16)21-11-15-12-22-18-6-2-3-7-23(15)18/h9-10,12,17,21H,2-8,11H2,1H3/t17-/m0/s1. The van der Waals surface area contributed by atoms with Gasteiger partial charge in [0.15, 0.2) is 0 Å². The van der Waals surface area contributed by atoms with Gasteiger partial charge in [-0.25, -0.2) is 4.98 Å². The van der Waals surface area contributed by atoms with Crippen LogP contribution >= 0.6 is 11.6 Å². The summed E-state index contributed by atoms with van der Waals surface area (Å²) in [6.45, 7) is 4.78. The van der Waals surface area contributed by atoms with Gasteiger partial charge in [-0.2, -0.15) is 0 Å². The normalized spacial score (nSPS) is 20.0. The van der Waals surface area contributed by atoms with Crippen molar-refractivity contribution in [2.24, 2.45) is 0 Å². The molecule has 0 aliphatic carbocycles. The van der Waals surface area contributed by atoms with Crippen molar-refractivity contribution in [3.63, 3.8) is 0 Å². The molecule has 4 nitrogen and oxygen atoms in total. The van der Waals surface area contributed by atoms with Gasteiger partial charge in [-0.3, -0.25) is 0 Å². The molecule has 3 heterocycles. The van der Waals surface area contributed by atoms with Crippen LogP contribution in [-0.4, -0.2) is 16.2 Å². The van der Waals surface area contributed by atoms with Crippen LogP contribution in [0.1, 0.15) is 54.4 Å². The Balaban J connectivity index is 1.56. The van der Waals surface area contributed by atoms with Crippen molar-refractivity contribution in [1.29, 1.82) is 0 Å². The number of aryl methyl sites for hydroxylation is 2. The smallest absolute Gasteiger partial charge is 0.127 e. The van der Waals surface area contributed by atoms with E-state index < -0.39 is 0 Å². The lowest BCUT2D eigenvalue weighted by molar-refractivity contribution is 0.313. The summed E-state index contributed by atoms with van der Waals surface area (Å²) in [5, 5.41) is 4.51. The first-order chi connectivity index (χ1) is 11.7. The van der Waals surface area contributed by atoms with Crippen molar-refractivity contribution in [2.75, 3.05) is 6.61 Å². The van der Waals surface area contributed by atoms with Crippen molar-refractivity contribution in [3.8, 4) is 5.75 Å². The number of imidazole rings is 1. The third kappa shape index (κ3) is 3.05. The first-order valence-corrected chi connectivity index (χ1v) is 9.29. The van der Waals surface area contributed by atoms with E-state index in [4.69, 9.17) is 16.3 Å². The van der Waals surface area contributed by atoms with Crippen LogP contribution in [0.15, 0.2) is 18.3 Å². The van der Waals surface area contributed by atoms with Crippen LogP contribution in [0.4, 0.5) is 0 Å². The Morgan fingerprint density at radius 3 is 3.17 bits per heavy atom. The molecule has 1 aromatic carbocycles. The molecule has 0 bridgehead atoms. The minimum Gasteiger partial charge on any atom is -0.493 e. The van der Waals surface area contributed by atoms with E-state index in [1.807, 2.05) is 12.3 Å². The Kier molecular flexibility index (Phi) is 4.51. The van der Waals surface area contributed by atoms with E-state index in [2.05, 4.69) is 27.9 Å². The van der Waals surface area contributed by atoms with Gasteiger partial charge in [0.25, 0.3) is 0 Å². The lowest BCUT2D eigenvalue weighted by Crippen LogP contribution is -2.23. The Morgan fingerprint density at radius 2 is 2.25 bits per heavy atom. The topological polar surface area (TPSA) is 39.1 Å². The monoisotopic (exact) mass is 345 g/mol. The van der Waals surface area contributed by atoms with Gasteiger partial charge in [0.2, 0.25) is 0 Å². The molecule has 2 aliphatic rings. The second kappa shape index (κ2) is 6.77. The molecular formula is C19H24ClN3O. The van der Waals surface area contributed by atoms with Gasteiger partial charge in [0.1, 0.15) is 11.6 Å². The van der Waals surface area contributed by atoms with E-state index in [0.717, 1.165) is 55.3 Å². The second-order valence-corrected chi connectivity index (χ2v) is 7.28. The highest BCUT2D eigenvalue weighted by molar-refractivity contribution is 6.30. The van der Waals surface area contributed by atoms with E-state index in [1.165, 1.54) is 29.9 Å². The molecule has 5 heteroatoms. The summed E-state index contributed by atoms with van der Waals surface area (Å²) in [7, 11) is 0. The quantitative estimate of drug-likeness (QED) is 0.906. The third-order valence-corrected chi connectivity index (χ3v) is 5.33. The first kappa shape index (κ1) is 16.0. The molecule has 2 aromatic rings. The number of ether oxygens (including phenoxy) is 1. The number of nitrogens with one attached hydrogen (secondary N) is 1. The maximum Gasteiger partial charge on any atom is 0.127 e. The number of nitrogens with zero attached hydrogens (tertiary/aromatic N) is 2. The molecular weight excluding hydrogens is 322 g/mol. The number of hydrogen-bond donors (Lipinski definition) is 1. The van der Waals surface area contributed by atoms with E-state index in [9.17, 15) is 0 Å². The number of rotatable bonds is 3. The Bertz CT molecular complexity index is 740. The molecule has 24 heavy (non-hydrogen) atoms. The molecule has 0 unspecified atom stereocenters. The van der Waals surface area contributed by atoms with Crippen molar-refractivity contribution in [2.45, 2.75) is 58.2 Å². The maximum atomic E-state index is 6.30. The van der Waals surface area contributed by atoms with Crippen molar-refractivity contribution in [3.05, 3.63) is 46.0 Å². The van der Waals surface area contributed by atoms with Gasteiger partial charge in [-0.15, -0.1) is 0 Å². The summed E-state index contributed by atoms with van der Waals surface area (Å²) in [4.78, 5) is 4.59. The van der Waals surface area contributed by atoms with E-state index in [0.29, 0.717) is 0 Å². The molecule has 128 valence electrons. The van der Waals surface area contributed by atoms with Gasteiger partial charge in [-0.1, -0.05) is 11.6 Å². The molecule has 2 aliphatic heterocycles. The fourth-order valence-electron chi connectivity index (χ4n) is 3.89. The molecule has 0 saturated heterocycles. The number of fused-ring (bicyclic) bond motifs is 2. The van der Waals surface area contributed by atoms with Crippen molar-refractivity contribution in [1.82, 2.24) is 14.9 Å². The van der Waals surface area contributed by atoms with Gasteiger partial charge in [0, 0.05) is 42.3 Å². The molecule has 0 saturated carbocycles. The summed E-state index contributed by atoms with van der Waals surface area (Å²) < 4.78 is 8.36. The average Bonchev–Trinajstić information content (AvgIpc) is 2.87. The Morgan fingerprint density at radius 1 is 1.33 bits per heavy atom. The predicted octanol–water partition coefficient (Wildman–Crippen LogP) is 4.18. The summed E-state index contributed by atoms with van der Waals surface area (Å²) >= 11 is 6.30. The summed E-state index contributed by atoms with van der Waals surface area (Å²) in [6.07, 6.45) is 7.77. The minimum atomic E-state index is 0.273. The lowest BCUT2D eigenvalue weighted by atomic mass is 9.99. The number of benzene rings is 1. The Labute approximate surface area is 148 Å². The van der Waals surface area contributed by atoms with Crippen molar-refractivity contribution < 1.29 is 4.74 Å². The van der Waals surface area contributed by atoms with Crippen LogP contribution in [0.25, 0.3) is 0 Å². The van der Waals surface area contributed by atoms with Crippen LogP contribution in [0.3, 0.4) is 0 Å². The third-order valence-electron chi connectivity index (χ3n) is 5.11. The van der Waals surface area contributed by atoms with Gasteiger partial charge >= 0.3 is 0 Å². The van der Waals surface area contributed by atoms with Crippen LogP contribution in [-0.2, 0) is 19.5 Å². The fraction of sp³-hybridized carbons (Fsp3) is 0.526. The fourth-order valence-corrected chi connectivity index (χ4v) is 4.17. The van der Waals surface area contributed by atoms with Crippen LogP contribution < -0.4 is 10.1 Å². The highest BCUT2D eigenvalue weighted by Gasteiger charge is 2.22. The lowest BCUT2D eigenvalue weighted by Gasteiger charge is -2.21. The van der Waals surface area contributed by atoms with Gasteiger partial charge in [-0.05, 0) is 50.3 Å². The zero-order valence-corrected chi connectivity index (χ0v) is 14.9. The molecule has 0 amide bonds. The van der Waals surface area contributed by atoms with Crippen LogP contribution in [0, 0.1) is 6.92 Å². The molecule has 4 rings (SSSR count). The highest BCUT2D eigenvalue weighted by atomic mass is 35.5. The minimum absolute atomic E-state index is 0.273. The largest absolute Gasteiger partial charge is 0.493 e. The Hall–Kier alpha value is -1.52. The van der Waals surface area contributed by atoms with E-state index >= 15 is 0 Å². The molecule has 0 radical (unpaired) electrons. The van der Waals surface area contributed by atoms with E-state index in [-0.39, 0.29) is 6.04 Å². The molecule has 0 fully saturated rings. The van der Waals surface area contributed by atoms with Crippen LogP contribution in [0.2, 0.25) is 5.02 Å². The van der Waals surface area contributed by atoms with Crippen LogP contribution in [0.5, 0.6) is 5.75 Å². The maximum absolute atomic E-state index is 6.30. The molecule has 0 spiro atoms. The van der Waals surface area contributed by atoms with Gasteiger partial charge in [0.05, 0.1) is 12.3 Å². The number of hydrogen-bond acceptors (Lipinski definition) is 3. The summed E-state index contributed by atoms with van der Waals surface area (Å²) in [5.41, 5.74) is 3.60. The average molecular weight is 346 g/mol. The zero-order valence-electron chi connectivity index (χ0n) is 14.1. The summed E-state index contributed by atoms with van der Waals surface area (Å²) in [5.74, 6) is 2.24. The number of aromatic nitrogens is 2. The summed E-state index contributed by atoms with van der Waals surface area (Å²) in [6, 6.07) is 4.31. The zero-order chi connectivity index (χ0) is 16.5. The first-order valence-electron chi connectivity index (χ1n) is 8.92.